The molecule has 1 amide bonds. The predicted molar refractivity (Wildman–Crippen MR) is 99.1 cm³/mol. The van der Waals surface area contributed by atoms with E-state index in [1.807, 2.05) is 19.1 Å². The van der Waals surface area contributed by atoms with Crippen LogP contribution < -0.4 is 10.2 Å². The molecule has 0 saturated carbocycles. The second-order valence-corrected chi connectivity index (χ2v) is 7.66. The third kappa shape index (κ3) is 3.83. The van der Waals surface area contributed by atoms with Crippen LogP contribution in [-0.2, 0) is 9.53 Å². The van der Waals surface area contributed by atoms with Gasteiger partial charge in [-0.05, 0) is 64.3 Å². The number of fused-ring (bicyclic) bond motifs is 1. The van der Waals surface area contributed by atoms with Crippen LogP contribution in [-0.4, -0.2) is 72.0 Å². The van der Waals surface area contributed by atoms with Gasteiger partial charge in [0.1, 0.15) is 6.10 Å². The molecule has 3 saturated heterocycles. The van der Waals surface area contributed by atoms with Crippen molar-refractivity contribution in [2.75, 3.05) is 37.6 Å². The third-order valence-corrected chi connectivity index (χ3v) is 5.84. The molecule has 3 aliphatic rings. The monoisotopic (exact) mass is 359 g/mol. The fraction of sp³-hybridized carbons (Fsp3) is 0.737. The summed E-state index contributed by atoms with van der Waals surface area (Å²) in [6.45, 7) is 6.85. The second kappa shape index (κ2) is 7.88. The topological polar surface area (TPSA) is 70.6 Å². The molecule has 0 bridgehead atoms. The first kappa shape index (κ1) is 17.7. The molecule has 3 aliphatic heterocycles. The number of carbonyl (C=O) groups excluding carboxylic acids is 1. The molecule has 7 heteroatoms. The van der Waals surface area contributed by atoms with E-state index in [4.69, 9.17) is 4.74 Å². The number of amides is 1. The zero-order valence-electron chi connectivity index (χ0n) is 15.6. The lowest BCUT2D eigenvalue weighted by molar-refractivity contribution is -0.141. The summed E-state index contributed by atoms with van der Waals surface area (Å²) in [6, 6.07) is 4.33. The van der Waals surface area contributed by atoms with Crippen molar-refractivity contribution >= 4 is 11.7 Å². The van der Waals surface area contributed by atoms with Crippen LogP contribution in [0.15, 0.2) is 12.1 Å². The molecule has 3 atom stereocenters. The molecular formula is C19H29N5O2. The minimum Gasteiger partial charge on any atom is -0.363 e. The van der Waals surface area contributed by atoms with E-state index in [0.717, 1.165) is 63.5 Å². The number of carbonyl (C=O) groups is 1. The van der Waals surface area contributed by atoms with E-state index in [1.54, 1.807) is 0 Å². The van der Waals surface area contributed by atoms with E-state index in [9.17, 15) is 4.79 Å². The van der Waals surface area contributed by atoms with Gasteiger partial charge in [0.05, 0.1) is 17.8 Å². The fourth-order valence-electron chi connectivity index (χ4n) is 4.41. The Kier molecular flexibility index (Phi) is 5.36. The van der Waals surface area contributed by atoms with Crippen LogP contribution in [0.1, 0.15) is 37.8 Å². The fourth-order valence-corrected chi connectivity index (χ4v) is 4.41. The van der Waals surface area contributed by atoms with Crippen molar-refractivity contribution < 1.29 is 9.53 Å². The Morgan fingerprint density at radius 2 is 2.04 bits per heavy atom. The van der Waals surface area contributed by atoms with Crippen LogP contribution in [0.4, 0.5) is 5.82 Å². The summed E-state index contributed by atoms with van der Waals surface area (Å²) in [5.41, 5.74) is 0.926. The minimum absolute atomic E-state index is 0.0521. The third-order valence-electron chi connectivity index (χ3n) is 5.84. The van der Waals surface area contributed by atoms with Gasteiger partial charge in [-0.3, -0.25) is 4.79 Å². The van der Waals surface area contributed by atoms with Gasteiger partial charge >= 0.3 is 0 Å². The Bertz CT molecular complexity index is 617. The van der Waals surface area contributed by atoms with E-state index in [-0.39, 0.29) is 18.1 Å². The van der Waals surface area contributed by atoms with Crippen molar-refractivity contribution in [1.29, 1.82) is 0 Å². The molecule has 142 valence electrons. The first-order valence-corrected chi connectivity index (χ1v) is 9.93. The van der Waals surface area contributed by atoms with Crippen LogP contribution in [0.5, 0.6) is 0 Å². The van der Waals surface area contributed by atoms with E-state index in [0.29, 0.717) is 6.04 Å². The lowest BCUT2D eigenvalue weighted by atomic mass is 9.98. The maximum absolute atomic E-state index is 12.5. The van der Waals surface area contributed by atoms with Crippen molar-refractivity contribution in [1.82, 2.24) is 20.4 Å². The highest BCUT2D eigenvalue weighted by atomic mass is 16.5. The number of nitrogens with one attached hydrogen (secondary N) is 1. The van der Waals surface area contributed by atoms with Gasteiger partial charge in [0.15, 0.2) is 5.82 Å². The Labute approximate surface area is 155 Å². The second-order valence-electron chi connectivity index (χ2n) is 7.66. The number of nitrogens with zero attached hydrogens (tertiary/aromatic N) is 4. The van der Waals surface area contributed by atoms with E-state index >= 15 is 0 Å². The summed E-state index contributed by atoms with van der Waals surface area (Å²) in [6.07, 6.45) is 5.05. The predicted octanol–water partition coefficient (Wildman–Crippen LogP) is 1.12. The van der Waals surface area contributed by atoms with Gasteiger partial charge in [0, 0.05) is 19.6 Å². The Morgan fingerprint density at radius 1 is 1.19 bits per heavy atom. The molecule has 4 rings (SSSR count). The molecule has 1 aromatic heterocycles. The summed E-state index contributed by atoms with van der Waals surface area (Å²) in [7, 11) is 0. The van der Waals surface area contributed by atoms with Crippen LogP contribution in [0.3, 0.4) is 0 Å². The molecular weight excluding hydrogens is 330 g/mol. The molecule has 1 aromatic rings. The largest absolute Gasteiger partial charge is 0.363 e. The zero-order chi connectivity index (χ0) is 17.9. The highest BCUT2D eigenvalue weighted by Gasteiger charge is 2.42. The van der Waals surface area contributed by atoms with Crippen molar-refractivity contribution in [3.8, 4) is 0 Å². The SMILES string of the molecule is Cc1ccc(N2CC[C@@H]3O[C@@H](C(=O)NCCN4CCCC4)CC[C@@H]32)nn1. The Hall–Kier alpha value is -1.73. The average Bonchev–Trinajstić information content (AvgIpc) is 3.31. The number of hydrogen-bond acceptors (Lipinski definition) is 6. The average molecular weight is 359 g/mol. The number of aryl methyl sites for hydroxylation is 1. The number of anilines is 1. The molecule has 3 fully saturated rings. The molecule has 7 nitrogen and oxygen atoms in total. The van der Waals surface area contributed by atoms with Gasteiger partial charge in [0.2, 0.25) is 5.91 Å². The smallest absolute Gasteiger partial charge is 0.249 e. The lowest BCUT2D eigenvalue weighted by Gasteiger charge is -2.35. The highest BCUT2D eigenvalue weighted by Crippen LogP contribution is 2.33. The number of hydrogen-bond donors (Lipinski definition) is 1. The maximum Gasteiger partial charge on any atom is 0.249 e. The van der Waals surface area contributed by atoms with Crippen molar-refractivity contribution in [2.24, 2.45) is 0 Å². The van der Waals surface area contributed by atoms with Gasteiger partial charge in [-0.1, -0.05) is 0 Å². The van der Waals surface area contributed by atoms with Crippen LogP contribution in [0.25, 0.3) is 0 Å². The Balaban J connectivity index is 1.27. The summed E-state index contributed by atoms with van der Waals surface area (Å²) in [5, 5.41) is 11.6. The van der Waals surface area contributed by atoms with Crippen molar-refractivity contribution in [2.45, 2.75) is 57.3 Å². The van der Waals surface area contributed by atoms with E-state index < -0.39 is 0 Å². The van der Waals surface area contributed by atoms with Gasteiger partial charge in [-0.2, -0.15) is 5.10 Å². The standard InChI is InChI=1S/C19H29N5O2/c1-14-4-7-18(22-21-14)24-12-8-16-15(24)5-6-17(26-16)19(25)20-9-13-23-10-2-3-11-23/h4,7,15-17H,2-3,5-6,8-13H2,1H3,(H,20,25)/t15-,16-,17+/m0/s1. The summed E-state index contributed by atoms with van der Waals surface area (Å²) in [5.74, 6) is 0.969. The molecule has 1 N–H and O–H groups in total. The van der Waals surface area contributed by atoms with E-state index in [2.05, 4.69) is 25.3 Å². The molecule has 0 radical (unpaired) electrons. The molecule has 0 aromatic carbocycles. The number of aromatic nitrogens is 2. The van der Waals surface area contributed by atoms with Gasteiger partial charge < -0.3 is 19.9 Å². The van der Waals surface area contributed by atoms with Gasteiger partial charge in [0.25, 0.3) is 0 Å². The van der Waals surface area contributed by atoms with Crippen molar-refractivity contribution in [3.63, 3.8) is 0 Å². The van der Waals surface area contributed by atoms with E-state index in [1.165, 1.54) is 12.8 Å². The first-order valence-electron chi connectivity index (χ1n) is 9.93. The number of ether oxygens (including phenoxy) is 1. The molecule has 4 heterocycles. The zero-order valence-corrected chi connectivity index (χ0v) is 15.6. The maximum atomic E-state index is 12.5. The Morgan fingerprint density at radius 3 is 2.81 bits per heavy atom. The quantitative estimate of drug-likeness (QED) is 0.850. The normalized spacial score (nSPS) is 29.0. The number of rotatable bonds is 5. The van der Waals surface area contributed by atoms with Crippen LogP contribution in [0.2, 0.25) is 0 Å². The van der Waals surface area contributed by atoms with Crippen LogP contribution >= 0.6 is 0 Å². The summed E-state index contributed by atoms with van der Waals surface area (Å²) >= 11 is 0. The lowest BCUT2D eigenvalue weighted by Crippen LogP contribution is -2.48. The highest BCUT2D eigenvalue weighted by molar-refractivity contribution is 5.80. The first-order chi connectivity index (χ1) is 12.7. The molecule has 26 heavy (non-hydrogen) atoms. The summed E-state index contributed by atoms with van der Waals surface area (Å²) < 4.78 is 6.15. The van der Waals surface area contributed by atoms with Gasteiger partial charge in [-0.15, -0.1) is 5.10 Å². The van der Waals surface area contributed by atoms with Gasteiger partial charge in [-0.25, -0.2) is 0 Å². The molecule has 0 unspecified atom stereocenters. The molecule has 0 spiro atoms. The molecule has 0 aliphatic carbocycles. The van der Waals surface area contributed by atoms with Crippen LogP contribution in [0, 0.1) is 6.92 Å². The van der Waals surface area contributed by atoms with Crippen molar-refractivity contribution in [3.05, 3.63) is 17.8 Å². The minimum atomic E-state index is -0.307. The summed E-state index contributed by atoms with van der Waals surface area (Å²) in [4.78, 5) is 17.2. The number of likely N-dealkylation sites (tertiary alicyclic amines) is 1.